The molecule has 0 aliphatic rings. The zero-order valence-corrected chi connectivity index (χ0v) is 12.3. The predicted octanol–water partition coefficient (Wildman–Crippen LogP) is 3.42. The predicted molar refractivity (Wildman–Crippen MR) is 81.2 cm³/mol. The molecule has 100 valence electrons. The molecule has 1 amide bonds. The number of benzene rings is 1. The number of unbranched alkanes of at least 4 members (excludes halogenated alkanes) is 1. The van der Waals surface area contributed by atoms with Gasteiger partial charge in [0.2, 0.25) is 5.91 Å². The summed E-state index contributed by atoms with van der Waals surface area (Å²) in [5.41, 5.74) is 2.03. The maximum Gasteiger partial charge on any atom is 0.220 e. The molecule has 0 radical (unpaired) electrons. The minimum absolute atomic E-state index is 0.105. The van der Waals surface area contributed by atoms with Gasteiger partial charge in [-0.05, 0) is 24.5 Å². The van der Waals surface area contributed by atoms with Crippen LogP contribution in [0.4, 0.5) is 0 Å². The lowest BCUT2D eigenvalue weighted by molar-refractivity contribution is -0.121. The molecule has 2 aromatic rings. The van der Waals surface area contributed by atoms with E-state index in [2.05, 4.69) is 26.2 Å². The Bertz CT molecular complexity index is 551. The first-order valence-electron chi connectivity index (χ1n) is 6.46. The number of fused-ring (bicyclic) bond motifs is 1. The maximum atomic E-state index is 11.7. The summed E-state index contributed by atoms with van der Waals surface area (Å²) in [4.78, 5) is 16.1. The third-order valence-corrected chi connectivity index (χ3v) is 3.54. The molecule has 1 aromatic carbocycles. The fourth-order valence-electron chi connectivity index (χ4n) is 1.97. The van der Waals surface area contributed by atoms with Gasteiger partial charge in [-0.15, -0.1) is 0 Å². The highest BCUT2D eigenvalue weighted by Gasteiger charge is 2.04. The van der Waals surface area contributed by atoms with Crippen LogP contribution in [0, 0.1) is 0 Å². The highest BCUT2D eigenvalue weighted by molar-refractivity contribution is 9.09. The van der Waals surface area contributed by atoms with Crippen LogP contribution in [0.2, 0.25) is 0 Å². The van der Waals surface area contributed by atoms with Gasteiger partial charge in [-0.25, -0.2) is 0 Å². The molecule has 0 saturated carbocycles. The molecule has 1 N–H and O–H groups in total. The van der Waals surface area contributed by atoms with Gasteiger partial charge < -0.3 is 5.32 Å². The average molecular weight is 321 g/mol. The fourth-order valence-corrected chi connectivity index (χ4v) is 2.37. The number of hydrogen-bond acceptors (Lipinski definition) is 2. The fraction of sp³-hybridized carbons (Fsp3) is 0.333. The van der Waals surface area contributed by atoms with Gasteiger partial charge in [0.15, 0.2) is 0 Å². The molecular formula is C15H17BrN2O. The van der Waals surface area contributed by atoms with Crippen molar-refractivity contribution < 1.29 is 4.79 Å². The second kappa shape index (κ2) is 7.24. The smallest absolute Gasteiger partial charge is 0.220 e. The Morgan fingerprint density at radius 3 is 2.89 bits per heavy atom. The molecule has 0 unspecified atom stereocenters. The highest BCUT2D eigenvalue weighted by Crippen LogP contribution is 2.15. The van der Waals surface area contributed by atoms with Crippen molar-refractivity contribution in [2.75, 3.05) is 5.33 Å². The Morgan fingerprint density at radius 1 is 1.21 bits per heavy atom. The molecule has 1 heterocycles. The van der Waals surface area contributed by atoms with Gasteiger partial charge in [0.05, 0.1) is 5.52 Å². The second-order valence-electron chi connectivity index (χ2n) is 4.42. The van der Waals surface area contributed by atoms with Crippen LogP contribution in [0.15, 0.2) is 36.5 Å². The van der Waals surface area contributed by atoms with E-state index in [1.54, 1.807) is 6.20 Å². The van der Waals surface area contributed by atoms with Crippen molar-refractivity contribution in [3.05, 3.63) is 42.1 Å². The van der Waals surface area contributed by atoms with Crippen molar-refractivity contribution in [1.29, 1.82) is 0 Å². The summed E-state index contributed by atoms with van der Waals surface area (Å²) in [5.74, 6) is 0.105. The van der Waals surface area contributed by atoms with Gasteiger partial charge in [0.25, 0.3) is 0 Å². The number of rotatable bonds is 6. The summed E-state index contributed by atoms with van der Waals surface area (Å²) < 4.78 is 0. The minimum atomic E-state index is 0.105. The van der Waals surface area contributed by atoms with Crippen molar-refractivity contribution in [3.63, 3.8) is 0 Å². The summed E-state index contributed by atoms with van der Waals surface area (Å²) in [7, 11) is 0. The van der Waals surface area contributed by atoms with Crippen LogP contribution in [0.5, 0.6) is 0 Å². The second-order valence-corrected chi connectivity index (χ2v) is 5.21. The molecule has 0 fully saturated rings. The third-order valence-electron chi connectivity index (χ3n) is 2.98. The van der Waals surface area contributed by atoms with Crippen molar-refractivity contribution in [2.45, 2.75) is 25.8 Å². The van der Waals surface area contributed by atoms with Crippen molar-refractivity contribution in [3.8, 4) is 0 Å². The van der Waals surface area contributed by atoms with E-state index in [9.17, 15) is 4.79 Å². The summed E-state index contributed by atoms with van der Waals surface area (Å²) in [5, 5.41) is 5.01. The number of aromatic nitrogens is 1. The number of nitrogens with one attached hydrogen (secondary N) is 1. The van der Waals surface area contributed by atoms with E-state index >= 15 is 0 Å². The molecule has 0 aliphatic heterocycles. The van der Waals surface area contributed by atoms with Crippen LogP contribution in [0.25, 0.3) is 10.9 Å². The van der Waals surface area contributed by atoms with Crippen LogP contribution in [-0.2, 0) is 11.3 Å². The Kier molecular flexibility index (Phi) is 5.33. The van der Waals surface area contributed by atoms with Crippen molar-refractivity contribution in [1.82, 2.24) is 10.3 Å². The lowest BCUT2D eigenvalue weighted by Crippen LogP contribution is -2.22. The normalized spacial score (nSPS) is 10.6. The van der Waals surface area contributed by atoms with Gasteiger partial charge >= 0.3 is 0 Å². The number of alkyl halides is 1. The van der Waals surface area contributed by atoms with Gasteiger partial charge in [0.1, 0.15) is 0 Å². The molecule has 3 nitrogen and oxygen atoms in total. The summed E-state index contributed by atoms with van der Waals surface area (Å²) in [6.07, 6.45) is 4.32. The monoisotopic (exact) mass is 320 g/mol. The zero-order chi connectivity index (χ0) is 13.5. The van der Waals surface area contributed by atoms with Gasteiger partial charge in [0, 0.05) is 29.9 Å². The lowest BCUT2D eigenvalue weighted by atomic mass is 10.1. The summed E-state index contributed by atoms with van der Waals surface area (Å²) in [6, 6.07) is 9.99. The van der Waals surface area contributed by atoms with E-state index in [4.69, 9.17) is 0 Å². The van der Waals surface area contributed by atoms with Crippen LogP contribution in [-0.4, -0.2) is 16.2 Å². The largest absolute Gasteiger partial charge is 0.352 e. The van der Waals surface area contributed by atoms with E-state index < -0.39 is 0 Å². The number of carbonyl (C=O) groups is 1. The first-order chi connectivity index (χ1) is 9.31. The summed E-state index contributed by atoms with van der Waals surface area (Å²) in [6.45, 7) is 0.543. The number of pyridine rings is 1. The number of halogens is 1. The Morgan fingerprint density at radius 2 is 2.05 bits per heavy atom. The molecule has 0 saturated heterocycles. The SMILES string of the molecule is O=C(CCCCBr)NCc1cccc2cccnc12. The van der Waals surface area contributed by atoms with E-state index in [0.29, 0.717) is 13.0 Å². The molecular weight excluding hydrogens is 304 g/mol. The number of para-hydroxylation sites is 1. The molecule has 0 bridgehead atoms. The topological polar surface area (TPSA) is 42.0 Å². The quantitative estimate of drug-likeness (QED) is 0.654. The Labute approximate surface area is 121 Å². The zero-order valence-electron chi connectivity index (χ0n) is 10.7. The highest BCUT2D eigenvalue weighted by atomic mass is 79.9. The molecule has 4 heteroatoms. The molecule has 0 aliphatic carbocycles. The molecule has 0 atom stereocenters. The van der Waals surface area contributed by atoms with E-state index in [-0.39, 0.29) is 5.91 Å². The molecule has 2 rings (SSSR count). The number of hydrogen-bond donors (Lipinski definition) is 1. The standard InChI is InChI=1S/C15H17BrN2O/c16-9-2-1-8-14(19)18-11-13-6-3-5-12-7-4-10-17-15(12)13/h3-7,10H,1-2,8-9,11H2,(H,18,19). The molecule has 1 aromatic heterocycles. The van der Waals surface area contributed by atoms with Crippen molar-refractivity contribution in [2.24, 2.45) is 0 Å². The van der Waals surface area contributed by atoms with Crippen LogP contribution >= 0.6 is 15.9 Å². The van der Waals surface area contributed by atoms with Gasteiger partial charge in [-0.2, -0.15) is 0 Å². The van der Waals surface area contributed by atoms with Crippen LogP contribution < -0.4 is 5.32 Å². The van der Waals surface area contributed by atoms with Gasteiger partial charge in [-0.3, -0.25) is 9.78 Å². The first-order valence-corrected chi connectivity index (χ1v) is 7.58. The average Bonchev–Trinajstić information content (AvgIpc) is 2.45. The Balaban J connectivity index is 1.96. The van der Waals surface area contributed by atoms with Crippen molar-refractivity contribution >= 4 is 32.7 Å². The van der Waals surface area contributed by atoms with Crippen LogP contribution in [0.1, 0.15) is 24.8 Å². The number of nitrogens with zero attached hydrogens (tertiary/aromatic N) is 1. The first kappa shape index (κ1) is 14.0. The van der Waals surface area contributed by atoms with Gasteiger partial charge in [-0.1, -0.05) is 40.2 Å². The maximum absolute atomic E-state index is 11.7. The van der Waals surface area contributed by atoms with E-state index in [1.807, 2.05) is 30.3 Å². The minimum Gasteiger partial charge on any atom is -0.352 e. The lowest BCUT2D eigenvalue weighted by Gasteiger charge is -2.07. The molecule has 0 spiro atoms. The third kappa shape index (κ3) is 4.03. The summed E-state index contributed by atoms with van der Waals surface area (Å²) >= 11 is 3.36. The van der Waals surface area contributed by atoms with Crippen LogP contribution in [0.3, 0.4) is 0 Å². The molecule has 19 heavy (non-hydrogen) atoms. The number of amides is 1. The van der Waals surface area contributed by atoms with E-state index in [1.165, 1.54) is 0 Å². The Hall–Kier alpha value is -1.42. The number of carbonyl (C=O) groups excluding carboxylic acids is 1. The van der Waals surface area contributed by atoms with E-state index in [0.717, 1.165) is 34.6 Å².